The summed E-state index contributed by atoms with van der Waals surface area (Å²) < 4.78 is 3.14. The zero-order valence-corrected chi connectivity index (χ0v) is 18.1. The van der Waals surface area contributed by atoms with Gasteiger partial charge in [-0.3, -0.25) is 5.10 Å². The summed E-state index contributed by atoms with van der Waals surface area (Å²) in [4.78, 5) is 0. The van der Waals surface area contributed by atoms with Crippen LogP contribution in [0.4, 0.5) is 0 Å². The fourth-order valence-electron chi connectivity index (χ4n) is 2.57. The molecule has 0 fully saturated rings. The van der Waals surface area contributed by atoms with E-state index in [2.05, 4.69) is 57.4 Å². The molecule has 0 atom stereocenters. The standard InChI is InChI=1S/C18H12Br2N6OS/c19-12-6-11(16(27)13(20)7-12)9-21-26-17(24-25-18(26)28)15-8-14(22-23-15)10-4-2-1-3-5-10/h1-9,27H,(H,22,23)(H,25,28)/b21-9+. The van der Waals surface area contributed by atoms with E-state index < -0.39 is 0 Å². The summed E-state index contributed by atoms with van der Waals surface area (Å²) in [7, 11) is 0. The first-order chi connectivity index (χ1) is 13.5. The summed E-state index contributed by atoms with van der Waals surface area (Å²) in [5, 5.41) is 28.9. The zero-order valence-electron chi connectivity index (χ0n) is 14.1. The molecule has 4 rings (SSSR count). The van der Waals surface area contributed by atoms with E-state index in [1.165, 1.54) is 10.9 Å². The molecular formula is C18H12Br2N6OS. The molecule has 0 saturated heterocycles. The molecule has 0 saturated carbocycles. The number of phenolic OH excluding ortho intramolecular Hbond substituents is 1. The van der Waals surface area contributed by atoms with Crippen LogP contribution in [-0.2, 0) is 0 Å². The monoisotopic (exact) mass is 518 g/mol. The number of aromatic hydroxyl groups is 1. The fourth-order valence-corrected chi connectivity index (χ4v) is 4.01. The zero-order chi connectivity index (χ0) is 19.7. The van der Waals surface area contributed by atoms with Crippen LogP contribution in [0.25, 0.3) is 22.8 Å². The number of hydrogen-bond acceptors (Lipinski definition) is 5. The SMILES string of the molecule is Oc1c(Br)cc(Br)cc1/C=N/n1c(-c2cc(-c3ccccc3)n[nH]2)n[nH]c1=S. The van der Waals surface area contributed by atoms with E-state index in [0.717, 1.165) is 15.7 Å². The van der Waals surface area contributed by atoms with E-state index >= 15 is 0 Å². The Hall–Kier alpha value is -2.56. The molecule has 28 heavy (non-hydrogen) atoms. The Morgan fingerprint density at radius 1 is 1.07 bits per heavy atom. The van der Waals surface area contributed by atoms with Gasteiger partial charge in [-0.05, 0) is 46.3 Å². The average molecular weight is 520 g/mol. The minimum atomic E-state index is 0.0800. The highest BCUT2D eigenvalue weighted by atomic mass is 79.9. The number of rotatable bonds is 4. The molecule has 0 unspecified atom stereocenters. The number of nitrogens with one attached hydrogen (secondary N) is 2. The van der Waals surface area contributed by atoms with Crippen molar-refractivity contribution < 1.29 is 5.11 Å². The lowest BCUT2D eigenvalue weighted by Crippen LogP contribution is -1.96. The second-order valence-corrected chi connectivity index (χ2v) is 7.92. The third-order valence-electron chi connectivity index (χ3n) is 3.91. The number of aromatic amines is 2. The summed E-state index contributed by atoms with van der Waals surface area (Å²) in [5.41, 5.74) is 2.94. The normalized spacial score (nSPS) is 11.4. The van der Waals surface area contributed by atoms with Crippen molar-refractivity contribution in [2.45, 2.75) is 0 Å². The topological polar surface area (TPSA) is 94.9 Å². The number of nitrogens with zero attached hydrogens (tertiary/aromatic N) is 4. The van der Waals surface area contributed by atoms with E-state index in [4.69, 9.17) is 12.2 Å². The summed E-state index contributed by atoms with van der Waals surface area (Å²) in [5.74, 6) is 0.556. The molecular weight excluding hydrogens is 508 g/mol. The maximum atomic E-state index is 10.2. The van der Waals surface area contributed by atoms with Gasteiger partial charge in [0.1, 0.15) is 11.4 Å². The summed E-state index contributed by atoms with van der Waals surface area (Å²) in [6.45, 7) is 0. The minimum Gasteiger partial charge on any atom is -0.506 e. The van der Waals surface area contributed by atoms with Crippen LogP contribution >= 0.6 is 44.1 Å². The predicted molar refractivity (Wildman–Crippen MR) is 117 cm³/mol. The van der Waals surface area contributed by atoms with Gasteiger partial charge >= 0.3 is 0 Å². The molecule has 0 bridgehead atoms. The summed E-state index contributed by atoms with van der Waals surface area (Å²) >= 11 is 12.0. The van der Waals surface area contributed by atoms with Crippen LogP contribution in [0, 0.1) is 4.77 Å². The average Bonchev–Trinajstić information content (AvgIpc) is 3.31. The lowest BCUT2D eigenvalue weighted by atomic mass is 10.1. The molecule has 140 valence electrons. The molecule has 0 aliphatic heterocycles. The van der Waals surface area contributed by atoms with Crippen molar-refractivity contribution in [2.24, 2.45) is 5.10 Å². The van der Waals surface area contributed by atoms with Crippen LogP contribution in [0.1, 0.15) is 5.56 Å². The van der Waals surface area contributed by atoms with E-state index in [1.54, 1.807) is 12.1 Å². The largest absolute Gasteiger partial charge is 0.506 e. The van der Waals surface area contributed by atoms with Gasteiger partial charge in [0, 0.05) is 15.6 Å². The van der Waals surface area contributed by atoms with Crippen LogP contribution in [0.5, 0.6) is 5.75 Å². The van der Waals surface area contributed by atoms with Gasteiger partial charge in [0.15, 0.2) is 0 Å². The van der Waals surface area contributed by atoms with Crippen molar-refractivity contribution in [3.63, 3.8) is 0 Å². The van der Waals surface area contributed by atoms with E-state index in [0.29, 0.717) is 26.3 Å². The van der Waals surface area contributed by atoms with Crippen molar-refractivity contribution in [3.8, 4) is 28.5 Å². The number of phenols is 1. The molecule has 2 aromatic heterocycles. The van der Waals surface area contributed by atoms with Crippen molar-refractivity contribution in [3.05, 3.63) is 67.8 Å². The number of halogens is 2. The highest BCUT2D eigenvalue weighted by molar-refractivity contribution is 9.11. The van der Waals surface area contributed by atoms with Crippen LogP contribution in [0.15, 0.2) is 62.6 Å². The number of H-pyrrole nitrogens is 2. The Balaban J connectivity index is 1.72. The first kappa shape index (κ1) is 18.8. The van der Waals surface area contributed by atoms with Gasteiger partial charge in [0.25, 0.3) is 0 Å². The quantitative estimate of drug-likeness (QED) is 0.258. The highest BCUT2D eigenvalue weighted by Crippen LogP contribution is 2.30. The molecule has 0 aliphatic carbocycles. The predicted octanol–water partition coefficient (Wildman–Crippen LogP) is 5.11. The maximum absolute atomic E-state index is 10.2. The summed E-state index contributed by atoms with van der Waals surface area (Å²) in [6.07, 6.45) is 1.51. The smallest absolute Gasteiger partial charge is 0.216 e. The number of aromatic nitrogens is 5. The Kier molecular flexibility index (Phi) is 5.25. The van der Waals surface area contributed by atoms with Crippen molar-refractivity contribution in [1.82, 2.24) is 25.1 Å². The third kappa shape index (κ3) is 3.71. The van der Waals surface area contributed by atoms with Crippen molar-refractivity contribution in [1.29, 1.82) is 0 Å². The molecule has 0 amide bonds. The number of hydrogen-bond donors (Lipinski definition) is 3. The maximum Gasteiger partial charge on any atom is 0.216 e. The molecule has 7 nitrogen and oxygen atoms in total. The minimum absolute atomic E-state index is 0.0800. The van der Waals surface area contributed by atoms with Gasteiger partial charge in [-0.25, -0.2) is 5.10 Å². The molecule has 0 spiro atoms. The van der Waals surface area contributed by atoms with Gasteiger partial charge in [-0.1, -0.05) is 46.3 Å². The first-order valence-corrected chi connectivity index (χ1v) is 10.0. The van der Waals surface area contributed by atoms with Crippen LogP contribution in [0.2, 0.25) is 0 Å². The Morgan fingerprint density at radius 2 is 1.86 bits per heavy atom. The fraction of sp³-hybridized carbons (Fsp3) is 0. The molecule has 10 heteroatoms. The second-order valence-electron chi connectivity index (χ2n) is 5.77. The van der Waals surface area contributed by atoms with E-state index in [-0.39, 0.29) is 5.75 Å². The lowest BCUT2D eigenvalue weighted by molar-refractivity contribution is 0.471. The Bertz CT molecular complexity index is 1230. The van der Waals surface area contributed by atoms with Gasteiger partial charge in [0.05, 0.1) is 16.4 Å². The molecule has 0 radical (unpaired) electrons. The molecule has 2 aromatic carbocycles. The third-order valence-corrected chi connectivity index (χ3v) is 5.24. The van der Waals surface area contributed by atoms with Gasteiger partial charge in [-0.15, -0.1) is 0 Å². The van der Waals surface area contributed by atoms with Crippen molar-refractivity contribution in [2.75, 3.05) is 0 Å². The summed E-state index contributed by atoms with van der Waals surface area (Å²) in [6, 6.07) is 15.2. The highest BCUT2D eigenvalue weighted by Gasteiger charge is 2.13. The van der Waals surface area contributed by atoms with Gasteiger partial charge in [-0.2, -0.15) is 20.0 Å². The van der Waals surface area contributed by atoms with Crippen LogP contribution in [-0.4, -0.2) is 36.4 Å². The van der Waals surface area contributed by atoms with Gasteiger partial charge in [0.2, 0.25) is 10.6 Å². The van der Waals surface area contributed by atoms with Crippen molar-refractivity contribution >= 4 is 50.3 Å². The van der Waals surface area contributed by atoms with E-state index in [9.17, 15) is 5.11 Å². The van der Waals surface area contributed by atoms with Crippen LogP contribution in [0.3, 0.4) is 0 Å². The van der Waals surface area contributed by atoms with Crippen LogP contribution < -0.4 is 0 Å². The van der Waals surface area contributed by atoms with E-state index in [1.807, 2.05) is 36.4 Å². The van der Waals surface area contributed by atoms with Gasteiger partial charge < -0.3 is 5.11 Å². The molecule has 2 heterocycles. The molecule has 0 aliphatic rings. The molecule has 4 aromatic rings. The lowest BCUT2D eigenvalue weighted by Gasteiger charge is -2.03. The first-order valence-electron chi connectivity index (χ1n) is 8.04. The Labute approximate surface area is 181 Å². The Morgan fingerprint density at radius 3 is 2.64 bits per heavy atom. The number of benzene rings is 2. The second kappa shape index (κ2) is 7.82. The molecule has 3 N–H and O–H groups in total.